The van der Waals surface area contributed by atoms with E-state index in [0.717, 1.165) is 11.7 Å². The van der Waals surface area contributed by atoms with Crippen LogP contribution >= 0.6 is 0 Å². The molecule has 1 aromatic heterocycles. The number of alkyl halides is 3. The van der Waals surface area contributed by atoms with E-state index in [1.807, 2.05) is 6.92 Å². The number of carbonyl (C=O) groups excluding carboxylic acids is 1. The highest BCUT2D eigenvalue weighted by atomic mass is 19.4. The quantitative estimate of drug-likeness (QED) is 0.836. The summed E-state index contributed by atoms with van der Waals surface area (Å²) in [5, 5.41) is 6.25. The van der Waals surface area contributed by atoms with Gasteiger partial charge in [-0.05, 0) is 44.0 Å². The first-order valence-electron chi connectivity index (χ1n) is 9.22. The summed E-state index contributed by atoms with van der Waals surface area (Å²) in [7, 11) is 1.05. The van der Waals surface area contributed by atoms with Crippen LogP contribution in [0.25, 0.3) is 0 Å². The van der Waals surface area contributed by atoms with Gasteiger partial charge in [0.1, 0.15) is 5.75 Å². The molecule has 0 unspecified atom stereocenters. The van der Waals surface area contributed by atoms with Crippen LogP contribution in [0, 0.1) is 0 Å². The highest BCUT2D eigenvalue weighted by molar-refractivity contribution is 5.89. The van der Waals surface area contributed by atoms with Gasteiger partial charge in [0.2, 0.25) is 5.82 Å². The van der Waals surface area contributed by atoms with Crippen molar-refractivity contribution in [1.29, 1.82) is 0 Å². The van der Waals surface area contributed by atoms with E-state index < -0.39 is 23.7 Å². The standard InChI is InChI=1S/C18H22F3N5O3/c1-3-29-14-6-4-12(5-7-14)22-16(27)25-10-8-13(9-11-25)26-17(28)24(2)15(23-26)18(19,20)21/h4-7,13H,3,8-11H2,1-2H3,(H,22,27). The summed E-state index contributed by atoms with van der Waals surface area (Å²) in [5.41, 5.74) is -0.203. The van der Waals surface area contributed by atoms with E-state index in [-0.39, 0.29) is 6.03 Å². The van der Waals surface area contributed by atoms with E-state index in [2.05, 4.69) is 10.4 Å². The van der Waals surface area contributed by atoms with Gasteiger partial charge in [-0.2, -0.15) is 13.2 Å². The molecule has 2 heterocycles. The Balaban J connectivity index is 1.60. The number of anilines is 1. The molecular formula is C18H22F3N5O3. The minimum atomic E-state index is -4.70. The normalized spacial score (nSPS) is 15.4. The maximum absolute atomic E-state index is 12.9. The Hall–Kier alpha value is -2.98. The van der Waals surface area contributed by atoms with Crippen molar-refractivity contribution < 1.29 is 22.7 Å². The van der Waals surface area contributed by atoms with E-state index in [4.69, 9.17) is 4.74 Å². The molecule has 0 saturated carbocycles. The first-order valence-corrected chi connectivity index (χ1v) is 9.22. The maximum atomic E-state index is 12.9. The third kappa shape index (κ3) is 4.54. The highest BCUT2D eigenvalue weighted by Gasteiger charge is 2.39. The Morgan fingerprint density at radius 2 is 1.86 bits per heavy atom. The summed E-state index contributed by atoms with van der Waals surface area (Å²) in [5.74, 6) is -0.525. The van der Waals surface area contributed by atoms with Crippen LogP contribution in [0.2, 0.25) is 0 Å². The Kier molecular flexibility index (Phi) is 5.85. The molecule has 0 radical (unpaired) electrons. The maximum Gasteiger partial charge on any atom is 0.451 e. The average molecular weight is 413 g/mol. The van der Waals surface area contributed by atoms with Crippen LogP contribution in [0.1, 0.15) is 31.6 Å². The summed E-state index contributed by atoms with van der Waals surface area (Å²) in [6.07, 6.45) is -4.02. The molecule has 2 amide bonds. The van der Waals surface area contributed by atoms with Crippen LogP contribution in [-0.4, -0.2) is 45.0 Å². The van der Waals surface area contributed by atoms with Crippen LogP contribution in [-0.2, 0) is 13.2 Å². The number of ether oxygens (including phenoxy) is 1. The van der Waals surface area contributed by atoms with Gasteiger partial charge in [0.15, 0.2) is 0 Å². The first-order chi connectivity index (χ1) is 13.7. The second kappa shape index (κ2) is 8.18. The van der Waals surface area contributed by atoms with Crippen LogP contribution in [0.4, 0.5) is 23.7 Å². The molecule has 1 aliphatic rings. The number of aromatic nitrogens is 3. The zero-order valence-electron chi connectivity index (χ0n) is 16.1. The number of halogens is 3. The monoisotopic (exact) mass is 413 g/mol. The first kappa shape index (κ1) is 20.7. The van der Waals surface area contributed by atoms with Gasteiger partial charge < -0.3 is 15.0 Å². The molecule has 1 aliphatic heterocycles. The van der Waals surface area contributed by atoms with Crippen LogP contribution in [0.3, 0.4) is 0 Å². The van der Waals surface area contributed by atoms with E-state index in [1.165, 1.54) is 0 Å². The van der Waals surface area contributed by atoms with E-state index in [9.17, 15) is 22.8 Å². The number of likely N-dealkylation sites (tertiary alicyclic amines) is 1. The van der Waals surface area contributed by atoms with Gasteiger partial charge >= 0.3 is 17.9 Å². The Labute approximate surface area is 164 Å². The Morgan fingerprint density at radius 1 is 1.24 bits per heavy atom. The SMILES string of the molecule is CCOc1ccc(NC(=O)N2CCC(n3nc(C(F)(F)F)n(C)c3=O)CC2)cc1. The number of rotatable bonds is 4. The van der Waals surface area contributed by atoms with Crippen molar-refractivity contribution in [1.82, 2.24) is 19.2 Å². The van der Waals surface area contributed by atoms with Crippen LogP contribution in [0.5, 0.6) is 5.75 Å². The van der Waals surface area contributed by atoms with Crippen molar-refractivity contribution in [2.75, 3.05) is 25.0 Å². The molecule has 0 spiro atoms. The fourth-order valence-electron chi connectivity index (χ4n) is 3.26. The minimum absolute atomic E-state index is 0.303. The average Bonchev–Trinajstić information content (AvgIpc) is 2.99. The Bertz CT molecular complexity index is 912. The van der Waals surface area contributed by atoms with Crippen molar-refractivity contribution in [3.05, 3.63) is 40.6 Å². The minimum Gasteiger partial charge on any atom is -0.494 e. The smallest absolute Gasteiger partial charge is 0.451 e. The lowest BCUT2D eigenvalue weighted by Crippen LogP contribution is -2.43. The molecule has 1 aromatic carbocycles. The third-order valence-electron chi connectivity index (χ3n) is 4.77. The summed E-state index contributed by atoms with van der Waals surface area (Å²) < 4.78 is 45.6. The number of piperidine rings is 1. The summed E-state index contributed by atoms with van der Waals surface area (Å²) in [6, 6.07) is 6.15. The number of hydrogen-bond acceptors (Lipinski definition) is 4. The third-order valence-corrected chi connectivity index (χ3v) is 4.77. The zero-order chi connectivity index (χ0) is 21.2. The summed E-state index contributed by atoms with van der Waals surface area (Å²) in [4.78, 5) is 26.1. The summed E-state index contributed by atoms with van der Waals surface area (Å²) in [6.45, 7) is 3.03. The van der Waals surface area contributed by atoms with Crippen LogP contribution in [0.15, 0.2) is 29.1 Å². The fourth-order valence-corrected chi connectivity index (χ4v) is 3.26. The van der Waals surface area contributed by atoms with Gasteiger partial charge in [0.25, 0.3) is 0 Å². The Morgan fingerprint density at radius 3 is 2.38 bits per heavy atom. The second-order valence-corrected chi connectivity index (χ2v) is 6.71. The molecule has 158 valence electrons. The molecule has 0 atom stereocenters. The molecule has 3 rings (SSSR count). The van der Waals surface area contributed by atoms with E-state index in [0.29, 0.717) is 48.5 Å². The molecule has 8 nitrogen and oxygen atoms in total. The van der Waals surface area contributed by atoms with Gasteiger partial charge in [-0.1, -0.05) is 0 Å². The number of amides is 2. The van der Waals surface area contributed by atoms with Crippen molar-refractivity contribution in [2.24, 2.45) is 7.05 Å². The van der Waals surface area contributed by atoms with Gasteiger partial charge in [0.05, 0.1) is 12.6 Å². The largest absolute Gasteiger partial charge is 0.494 e. The molecule has 29 heavy (non-hydrogen) atoms. The predicted octanol–water partition coefficient (Wildman–Crippen LogP) is 2.87. The molecule has 0 bridgehead atoms. The van der Waals surface area contributed by atoms with Gasteiger partial charge in [-0.15, -0.1) is 5.10 Å². The number of urea groups is 1. The fraction of sp³-hybridized carbons (Fsp3) is 0.500. The topological polar surface area (TPSA) is 81.4 Å². The lowest BCUT2D eigenvalue weighted by Gasteiger charge is -2.31. The van der Waals surface area contributed by atoms with Gasteiger partial charge in [-0.25, -0.2) is 14.3 Å². The lowest BCUT2D eigenvalue weighted by atomic mass is 10.1. The molecule has 1 N–H and O–H groups in total. The highest BCUT2D eigenvalue weighted by Crippen LogP contribution is 2.28. The molecule has 2 aromatic rings. The van der Waals surface area contributed by atoms with E-state index >= 15 is 0 Å². The van der Waals surface area contributed by atoms with Crippen molar-refractivity contribution in [3.8, 4) is 5.75 Å². The molecular weight excluding hydrogens is 391 g/mol. The molecule has 1 saturated heterocycles. The second-order valence-electron chi connectivity index (χ2n) is 6.71. The summed E-state index contributed by atoms with van der Waals surface area (Å²) >= 11 is 0. The van der Waals surface area contributed by atoms with Crippen molar-refractivity contribution in [3.63, 3.8) is 0 Å². The zero-order valence-corrected chi connectivity index (χ0v) is 16.1. The predicted molar refractivity (Wildman–Crippen MR) is 98.9 cm³/mol. The number of carbonyl (C=O) groups is 1. The number of hydrogen-bond donors (Lipinski definition) is 1. The van der Waals surface area contributed by atoms with Crippen molar-refractivity contribution in [2.45, 2.75) is 32.0 Å². The van der Waals surface area contributed by atoms with Crippen LogP contribution < -0.4 is 15.7 Å². The van der Waals surface area contributed by atoms with Gasteiger partial charge in [-0.3, -0.25) is 4.57 Å². The van der Waals surface area contributed by atoms with Crippen molar-refractivity contribution >= 4 is 11.7 Å². The number of nitrogens with zero attached hydrogens (tertiary/aromatic N) is 4. The number of benzene rings is 1. The molecule has 0 aliphatic carbocycles. The van der Waals surface area contributed by atoms with Gasteiger partial charge in [0, 0.05) is 25.8 Å². The molecule has 1 fully saturated rings. The van der Waals surface area contributed by atoms with E-state index in [1.54, 1.807) is 29.2 Å². The molecule has 11 heteroatoms. The number of nitrogens with one attached hydrogen (secondary N) is 1. The lowest BCUT2D eigenvalue weighted by molar-refractivity contribution is -0.147.